The maximum absolute atomic E-state index is 10.1. The second-order valence-corrected chi connectivity index (χ2v) is 3.04. The van der Waals surface area contributed by atoms with Gasteiger partial charge in [-0.25, -0.2) is 0 Å². The molecule has 0 aromatic rings. The average molecular weight is 312 g/mol. The molecule has 0 fully saturated rings. The zero-order valence-corrected chi connectivity index (χ0v) is 12.8. The van der Waals surface area contributed by atoms with E-state index in [0.717, 1.165) is 0 Å². The van der Waals surface area contributed by atoms with Gasteiger partial charge in [-0.3, -0.25) is 9.59 Å². The maximum atomic E-state index is 10.1. The van der Waals surface area contributed by atoms with Gasteiger partial charge in [0, 0.05) is 37.8 Å². The molecule has 0 spiro atoms. The van der Waals surface area contributed by atoms with Gasteiger partial charge in [0.25, 0.3) is 0 Å². The fourth-order valence-corrected chi connectivity index (χ4v) is 0.682. The van der Waals surface area contributed by atoms with E-state index in [9.17, 15) is 29.4 Å². The first-order chi connectivity index (χ1) is 8.33. The molecule has 0 saturated carbocycles. The van der Waals surface area contributed by atoms with E-state index in [0.29, 0.717) is 0 Å². The topological polar surface area (TPSA) is 133 Å². The van der Waals surface area contributed by atoms with Crippen LogP contribution in [0.1, 0.15) is 25.7 Å². The minimum Gasteiger partial charge on any atom is -0.550 e. The van der Waals surface area contributed by atoms with Gasteiger partial charge >= 0.3 is 49.7 Å². The van der Waals surface area contributed by atoms with Crippen molar-refractivity contribution in [2.45, 2.75) is 25.7 Å². The van der Waals surface area contributed by atoms with Crippen molar-refractivity contribution in [1.82, 2.24) is 0 Å². The van der Waals surface area contributed by atoms with Gasteiger partial charge in [-0.1, -0.05) is 0 Å². The van der Waals surface area contributed by atoms with Gasteiger partial charge < -0.3 is 28.2 Å². The smallest absolute Gasteiger partial charge is 0.550 e. The fraction of sp³-hybridized carbons (Fsp3) is 0.500. The van der Waals surface area contributed by atoms with Gasteiger partial charge in [0.2, 0.25) is 0 Å². The molecular weight excluding hydrogens is 302 g/mol. The number of thiol groups is 2. The molecule has 0 aromatic carbocycles. The van der Waals surface area contributed by atoms with Crippen molar-refractivity contribution >= 4 is 49.7 Å². The van der Waals surface area contributed by atoms with E-state index in [1.54, 1.807) is 0 Å². The average Bonchev–Trinajstić information content (AvgIpc) is 2.33. The van der Waals surface area contributed by atoms with Crippen molar-refractivity contribution < 1.29 is 75.5 Å². The molecule has 0 N–H and O–H groups in total. The number of carboxylic acids is 2. The van der Waals surface area contributed by atoms with Crippen LogP contribution in [0.25, 0.3) is 0 Å². The van der Waals surface area contributed by atoms with E-state index in [1.165, 1.54) is 0 Å². The Kier molecular flexibility index (Phi) is 26.3. The third kappa shape index (κ3) is 26.4. The summed E-state index contributed by atoms with van der Waals surface area (Å²) >= 11 is 6.31. The number of hydrogen-bond acceptors (Lipinski definition) is 10. The van der Waals surface area contributed by atoms with Gasteiger partial charge in [-0.2, -0.15) is 0 Å². The molecule has 0 saturated heterocycles. The van der Waals surface area contributed by atoms with E-state index in [2.05, 4.69) is 34.2 Å². The summed E-state index contributed by atoms with van der Waals surface area (Å²) in [6, 6.07) is 0. The summed E-state index contributed by atoms with van der Waals surface area (Å²) in [6.45, 7) is 0. The van der Waals surface area contributed by atoms with E-state index in [-0.39, 0.29) is 63.4 Å². The monoisotopic (exact) mass is 312 g/mol. The van der Waals surface area contributed by atoms with Crippen molar-refractivity contribution in [1.29, 1.82) is 0 Å². The SMILES string of the molecule is O=C([O-])CCC(=O)OS.O=C([O-])CCC(=O)OS.[Li+].[Li+]. The van der Waals surface area contributed by atoms with Crippen LogP contribution in [0, 0.1) is 0 Å². The number of rotatable bonds is 6. The molecule has 0 aliphatic heterocycles. The summed E-state index contributed by atoms with van der Waals surface area (Å²) < 4.78 is 7.73. The van der Waals surface area contributed by atoms with E-state index in [4.69, 9.17) is 0 Å². The second-order valence-electron chi connectivity index (χ2n) is 2.67. The van der Waals surface area contributed by atoms with Gasteiger partial charge in [0.15, 0.2) is 0 Å². The van der Waals surface area contributed by atoms with Crippen LogP contribution in [0.3, 0.4) is 0 Å². The van der Waals surface area contributed by atoms with E-state index < -0.39 is 23.9 Å². The molecule has 0 atom stereocenters. The number of hydrogen-bond donors (Lipinski definition) is 2. The Balaban J connectivity index is -0.000000116. The number of carboxylic acid groups (broad SMARTS) is 2. The van der Waals surface area contributed by atoms with Crippen LogP contribution < -0.4 is 47.9 Å². The first-order valence-corrected chi connectivity index (χ1v) is 5.14. The molecule has 12 heteroatoms. The van der Waals surface area contributed by atoms with Crippen molar-refractivity contribution in [3.8, 4) is 0 Å². The van der Waals surface area contributed by atoms with Crippen LogP contribution in [0.4, 0.5) is 0 Å². The molecule has 0 bridgehead atoms. The predicted octanol–water partition coefficient (Wildman–Crippen LogP) is -8.18. The molecular formula is C8H10Li2O8S2. The summed E-state index contributed by atoms with van der Waals surface area (Å²) in [4.78, 5) is 39.6. The number of carbonyl (C=O) groups excluding carboxylic acids is 4. The van der Waals surface area contributed by atoms with Crippen LogP contribution in [-0.4, -0.2) is 23.9 Å². The van der Waals surface area contributed by atoms with Crippen LogP contribution in [0.5, 0.6) is 0 Å². The quantitative estimate of drug-likeness (QED) is 0.281. The zero-order chi connectivity index (χ0) is 14.6. The Morgan fingerprint density at radius 3 is 1.10 bits per heavy atom. The first kappa shape index (κ1) is 28.0. The van der Waals surface area contributed by atoms with Gasteiger partial charge in [-0.15, -0.1) is 0 Å². The van der Waals surface area contributed by atoms with Crippen molar-refractivity contribution in [3.05, 3.63) is 0 Å². The fourth-order valence-electron chi connectivity index (χ4n) is 0.500. The van der Waals surface area contributed by atoms with Gasteiger partial charge in [0.1, 0.15) is 0 Å². The van der Waals surface area contributed by atoms with E-state index in [1.807, 2.05) is 0 Å². The molecule has 0 aromatic heterocycles. The van der Waals surface area contributed by atoms with Crippen LogP contribution in [0.15, 0.2) is 0 Å². The Hall–Kier alpha value is -0.225. The first-order valence-electron chi connectivity index (χ1n) is 4.41. The van der Waals surface area contributed by atoms with Gasteiger partial charge in [0.05, 0.1) is 12.8 Å². The van der Waals surface area contributed by atoms with Crippen molar-refractivity contribution in [2.75, 3.05) is 0 Å². The molecule has 0 amide bonds. The maximum Gasteiger partial charge on any atom is 1.00 e. The van der Waals surface area contributed by atoms with Crippen molar-refractivity contribution in [2.24, 2.45) is 0 Å². The summed E-state index contributed by atoms with van der Waals surface area (Å²) in [5.41, 5.74) is 0. The number of carbonyl (C=O) groups is 4. The number of aliphatic carboxylic acids is 2. The minimum absolute atomic E-state index is 0. The summed E-state index contributed by atoms with van der Waals surface area (Å²) in [6.07, 6.45) is -1.02. The van der Waals surface area contributed by atoms with Crippen LogP contribution >= 0.6 is 25.8 Å². The molecule has 104 valence electrons. The third-order valence-corrected chi connectivity index (χ3v) is 1.68. The molecule has 8 nitrogen and oxygen atoms in total. The standard InChI is InChI=1S/2C4H6O4S.2Li/c2*5-3(6)1-2-4(7)8-9;;/h2*9H,1-2H2,(H,5,6);;/q;;2*+1/p-2. The third-order valence-electron chi connectivity index (χ3n) is 1.27. The van der Waals surface area contributed by atoms with Gasteiger partial charge in [-0.05, 0) is 12.8 Å². The molecule has 0 radical (unpaired) electrons. The van der Waals surface area contributed by atoms with Crippen LogP contribution in [-0.2, 0) is 27.5 Å². The minimum atomic E-state index is -1.27. The predicted molar refractivity (Wildman–Crippen MR) is 58.6 cm³/mol. The molecule has 0 aliphatic rings. The molecule has 20 heavy (non-hydrogen) atoms. The Labute approximate surface area is 150 Å². The Morgan fingerprint density at radius 2 is 0.950 bits per heavy atom. The molecule has 0 heterocycles. The summed E-state index contributed by atoms with van der Waals surface area (Å²) in [5.74, 6) is -3.87. The van der Waals surface area contributed by atoms with E-state index >= 15 is 0 Å². The van der Waals surface area contributed by atoms with Crippen LogP contribution in [0.2, 0.25) is 0 Å². The normalized spacial score (nSPS) is 7.70. The molecule has 0 aliphatic carbocycles. The largest absolute Gasteiger partial charge is 1.00 e. The zero-order valence-electron chi connectivity index (χ0n) is 11.0. The summed E-state index contributed by atoms with van der Waals surface area (Å²) in [5, 5.41) is 19.4. The second kappa shape index (κ2) is 18.8. The Bertz CT molecular complexity index is 283. The molecule has 0 rings (SSSR count). The molecule has 0 unspecified atom stereocenters. The summed E-state index contributed by atoms with van der Waals surface area (Å²) in [7, 11) is 0. The Morgan fingerprint density at radius 1 is 0.700 bits per heavy atom. The van der Waals surface area contributed by atoms with Crippen molar-refractivity contribution in [3.63, 3.8) is 0 Å².